The van der Waals surface area contributed by atoms with Crippen molar-refractivity contribution in [1.29, 1.82) is 0 Å². The van der Waals surface area contributed by atoms with Crippen LogP contribution in [0.4, 0.5) is 4.79 Å². The van der Waals surface area contributed by atoms with E-state index in [9.17, 15) is 9.59 Å². The SMILES string of the molecule is CCNC(=NCC(NC(=O)OC(C)(C)C)C(C)C)N1CCN(C(=O)c2ccco2)CC1. The summed E-state index contributed by atoms with van der Waals surface area (Å²) in [7, 11) is 0. The molecule has 2 amide bonds. The van der Waals surface area contributed by atoms with Crippen molar-refractivity contribution in [2.75, 3.05) is 39.3 Å². The van der Waals surface area contributed by atoms with Crippen LogP contribution in [0.2, 0.25) is 0 Å². The van der Waals surface area contributed by atoms with Gasteiger partial charge in [0.15, 0.2) is 11.7 Å². The first kappa shape index (κ1) is 24.6. The molecule has 174 valence electrons. The minimum absolute atomic E-state index is 0.0898. The lowest BCUT2D eigenvalue weighted by atomic mass is 10.1. The number of alkyl carbamates (subject to hydrolysis) is 1. The maximum atomic E-state index is 12.5. The Morgan fingerprint density at radius 1 is 1.19 bits per heavy atom. The number of guanidine groups is 1. The van der Waals surface area contributed by atoms with Crippen molar-refractivity contribution in [3.63, 3.8) is 0 Å². The Morgan fingerprint density at radius 2 is 1.84 bits per heavy atom. The normalized spacial score (nSPS) is 16.3. The number of nitrogens with zero attached hydrogens (tertiary/aromatic N) is 3. The van der Waals surface area contributed by atoms with Gasteiger partial charge in [-0.15, -0.1) is 0 Å². The van der Waals surface area contributed by atoms with Gasteiger partial charge in [0.25, 0.3) is 5.91 Å². The van der Waals surface area contributed by atoms with Gasteiger partial charge < -0.3 is 29.6 Å². The Bertz CT molecular complexity index is 732. The van der Waals surface area contributed by atoms with Gasteiger partial charge in [-0.2, -0.15) is 0 Å². The minimum atomic E-state index is -0.545. The fourth-order valence-corrected chi connectivity index (χ4v) is 3.17. The van der Waals surface area contributed by atoms with Crippen molar-refractivity contribution >= 4 is 18.0 Å². The van der Waals surface area contributed by atoms with Crippen LogP contribution < -0.4 is 10.6 Å². The molecule has 0 saturated carbocycles. The minimum Gasteiger partial charge on any atom is -0.459 e. The van der Waals surface area contributed by atoms with Crippen LogP contribution in [0.3, 0.4) is 0 Å². The molecule has 2 rings (SSSR count). The van der Waals surface area contributed by atoms with Crippen LogP contribution in [0.15, 0.2) is 27.8 Å². The fraction of sp³-hybridized carbons (Fsp3) is 0.682. The Labute approximate surface area is 185 Å². The highest BCUT2D eigenvalue weighted by Gasteiger charge is 2.26. The third-order valence-electron chi connectivity index (χ3n) is 4.88. The van der Waals surface area contributed by atoms with E-state index in [4.69, 9.17) is 14.1 Å². The summed E-state index contributed by atoms with van der Waals surface area (Å²) in [5.41, 5.74) is -0.545. The fourth-order valence-electron chi connectivity index (χ4n) is 3.17. The van der Waals surface area contributed by atoms with Gasteiger partial charge in [-0.1, -0.05) is 13.8 Å². The average Bonchev–Trinajstić information content (AvgIpc) is 3.23. The van der Waals surface area contributed by atoms with Gasteiger partial charge in [-0.05, 0) is 45.7 Å². The van der Waals surface area contributed by atoms with Gasteiger partial charge in [-0.3, -0.25) is 9.79 Å². The van der Waals surface area contributed by atoms with Crippen molar-refractivity contribution in [2.45, 2.75) is 53.2 Å². The van der Waals surface area contributed by atoms with Gasteiger partial charge in [0.1, 0.15) is 5.60 Å². The van der Waals surface area contributed by atoms with Crippen molar-refractivity contribution in [1.82, 2.24) is 20.4 Å². The lowest BCUT2D eigenvalue weighted by molar-refractivity contribution is 0.0493. The second kappa shape index (κ2) is 11.1. The molecule has 1 atom stereocenters. The number of hydrogen-bond donors (Lipinski definition) is 2. The average molecular weight is 436 g/mol. The van der Waals surface area contributed by atoms with Gasteiger partial charge in [-0.25, -0.2) is 4.79 Å². The summed E-state index contributed by atoms with van der Waals surface area (Å²) < 4.78 is 10.6. The highest BCUT2D eigenvalue weighted by atomic mass is 16.6. The molecule has 9 nitrogen and oxygen atoms in total. The largest absolute Gasteiger partial charge is 0.459 e. The number of piperazine rings is 1. The third kappa shape index (κ3) is 7.80. The number of amides is 2. The molecular formula is C22H37N5O4. The molecule has 31 heavy (non-hydrogen) atoms. The maximum absolute atomic E-state index is 12.5. The number of carbonyl (C=O) groups is 2. The van der Waals surface area contributed by atoms with E-state index in [1.54, 1.807) is 17.0 Å². The lowest BCUT2D eigenvalue weighted by Gasteiger charge is -2.36. The number of ether oxygens (including phenoxy) is 1. The highest BCUT2D eigenvalue weighted by Crippen LogP contribution is 2.11. The van der Waals surface area contributed by atoms with E-state index in [1.807, 2.05) is 41.5 Å². The summed E-state index contributed by atoms with van der Waals surface area (Å²) in [6, 6.07) is 3.25. The predicted octanol–water partition coefficient (Wildman–Crippen LogP) is 2.55. The quantitative estimate of drug-likeness (QED) is 0.526. The molecule has 0 spiro atoms. The monoisotopic (exact) mass is 435 g/mol. The summed E-state index contributed by atoms with van der Waals surface area (Å²) >= 11 is 0. The van der Waals surface area contributed by atoms with Crippen LogP contribution in [0.5, 0.6) is 0 Å². The van der Waals surface area contributed by atoms with E-state index in [0.717, 1.165) is 12.5 Å². The highest BCUT2D eigenvalue weighted by molar-refractivity contribution is 5.91. The molecule has 9 heteroatoms. The van der Waals surface area contributed by atoms with E-state index >= 15 is 0 Å². The first-order valence-electron chi connectivity index (χ1n) is 11.0. The zero-order chi connectivity index (χ0) is 23.0. The van der Waals surface area contributed by atoms with Crippen molar-refractivity contribution in [2.24, 2.45) is 10.9 Å². The molecule has 1 aromatic rings. The van der Waals surface area contributed by atoms with Crippen LogP contribution in [0.25, 0.3) is 0 Å². The van der Waals surface area contributed by atoms with Crippen molar-refractivity contribution in [3.8, 4) is 0 Å². The first-order chi connectivity index (χ1) is 14.6. The lowest BCUT2D eigenvalue weighted by Crippen LogP contribution is -2.54. The Kier molecular flexibility index (Phi) is 8.76. The summed E-state index contributed by atoms with van der Waals surface area (Å²) in [6.45, 7) is 15.3. The molecule has 0 bridgehead atoms. The van der Waals surface area contributed by atoms with E-state index in [2.05, 4.69) is 15.5 Å². The Morgan fingerprint density at radius 3 is 2.35 bits per heavy atom. The molecule has 1 unspecified atom stereocenters. The number of furan rings is 1. The second-order valence-corrected chi connectivity index (χ2v) is 8.95. The molecular weight excluding hydrogens is 398 g/mol. The smallest absolute Gasteiger partial charge is 0.407 e. The molecule has 1 fully saturated rings. The zero-order valence-corrected chi connectivity index (χ0v) is 19.6. The summed E-state index contributed by atoms with van der Waals surface area (Å²) in [6.07, 6.45) is 1.08. The summed E-state index contributed by atoms with van der Waals surface area (Å²) in [4.78, 5) is 33.4. The molecule has 1 aromatic heterocycles. The number of rotatable bonds is 6. The molecule has 0 aromatic carbocycles. The van der Waals surface area contributed by atoms with Crippen LogP contribution in [-0.4, -0.2) is 78.7 Å². The topological polar surface area (TPSA) is 99.4 Å². The van der Waals surface area contributed by atoms with Gasteiger partial charge >= 0.3 is 6.09 Å². The van der Waals surface area contributed by atoms with Crippen LogP contribution in [0.1, 0.15) is 52.1 Å². The molecule has 2 N–H and O–H groups in total. The maximum Gasteiger partial charge on any atom is 0.407 e. The molecule has 0 radical (unpaired) electrons. The van der Waals surface area contributed by atoms with Crippen LogP contribution in [-0.2, 0) is 4.74 Å². The van der Waals surface area contributed by atoms with Gasteiger partial charge in [0, 0.05) is 32.7 Å². The van der Waals surface area contributed by atoms with Gasteiger partial charge in [0.2, 0.25) is 0 Å². The van der Waals surface area contributed by atoms with E-state index in [1.165, 1.54) is 6.26 Å². The molecule has 1 saturated heterocycles. The molecule has 0 aliphatic carbocycles. The summed E-state index contributed by atoms with van der Waals surface area (Å²) in [5.74, 6) is 1.25. The van der Waals surface area contributed by atoms with Gasteiger partial charge in [0.05, 0.1) is 18.8 Å². The standard InChI is InChI=1S/C22H37N5O4/c1-7-23-20(24-15-17(16(2)3)25-21(29)31-22(4,5)6)27-12-10-26(11-13-27)19(28)18-9-8-14-30-18/h8-9,14,16-17H,7,10-13,15H2,1-6H3,(H,23,24)(H,25,29). The number of aliphatic imine (C=N–C) groups is 1. The van der Waals surface area contributed by atoms with Crippen LogP contribution >= 0.6 is 0 Å². The first-order valence-corrected chi connectivity index (χ1v) is 11.0. The number of hydrogen-bond acceptors (Lipinski definition) is 5. The van der Waals surface area contributed by atoms with E-state index in [-0.39, 0.29) is 17.9 Å². The molecule has 1 aliphatic rings. The number of carbonyl (C=O) groups excluding carboxylic acids is 2. The van der Waals surface area contributed by atoms with Crippen molar-refractivity contribution in [3.05, 3.63) is 24.2 Å². The Hall–Kier alpha value is -2.71. The third-order valence-corrected chi connectivity index (χ3v) is 4.88. The predicted molar refractivity (Wildman–Crippen MR) is 120 cm³/mol. The second-order valence-electron chi connectivity index (χ2n) is 8.95. The van der Waals surface area contributed by atoms with E-state index < -0.39 is 11.7 Å². The zero-order valence-electron chi connectivity index (χ0n) is 19.6. The molecule has 2 heterocycles. The Balaban J connectivity index is 1.97. The molecule has 1 aliphatic heterocycles. The van der Waals surface area contributed by atoms with Crippen LogP contribution in [0, 0.1) is 5.92 Å². The summed E-state index contributed by atoms with van der Waals surface area (Å²) in [5, 5.41) is 6.25. The number of nitrogens with one attached hydrogen (secondary N) is 2. The van der Waals surface area contributed by atoms with Crippen molar-refractivity contribution < 1.29 is 18.7 Å². The van der Waals surface area contributed by atoms with E-state index in [0.29, 0.717) is 38.5 Å².